The average Bonchev–Trinajstić information content (AvgIpc) is 3.03. The molecule has 2 aromatic carbocycles. The van der Waals surface area contributed by atoms with E-state index in [0.29, 0.717) is 22.8 Å². The second kappa shape index (κ2) is 6.54. The number of benzene rings is 2. The Morgan fingerprint density at radius 2 is 1.86 bits per heavy atom. The van der Waals surface area contributed by atoms with Crippen LogP contribution in [0.4, 0.5) is 4.39 Å². The van der Waals surface area contributed by atoms with Gasteiger partial charge in [-0.1, -0.05) is 30.3 Å². The molecule has 0 saturated carbocycles. The Morgan fingerprint density at radius 1 is 1.05 bits per heavy atom. The van der Waals surface area contributed by atoms with Crippen molar-refractivity contribution < 1.29 is 13.9 Å². The van der Waals surface area contributed by atoms with E-state index >= 15 is 0 Å². The molecule has 1 aromatic heterocycles. The fraction of sp³-hybridized carbons (Fsp3) is 0.0556. The van der Waals surface area contributed by atoms with Crippen molar-refractivity contribution in [1.82, 2.24) is 0 Å². The predicted molar refractivity (Wildman–Crippen MR) is 85.9 cm³/mol. The molecule has 0 aliphatic rings. The molecule has 0 fully saturated rings. The van der Waals surface area contributed by atoms with Gasteiger partial charge >= 0.3 is 0 Å². The normalized spacial score (nSPS) is 10.4. The van der Waals surface area contributed by atoms with Gasteiger partial charge < -0.3 is 4.74 Å². The molecule has 0 aliphatic heterocycles. The first kappa shape index (κ1) is 14.5. The van der Waals surface area contributed by atoms with E-state index < -0.39 is 0 Å². The number of halogens is 1. The summed E-state index contributed by atoms with van der Waals surface area (Å²) >= 11 is 1.27. The van der Waals surface area contributed by atoms with Crippen molar-refractivity contribution in [2.75, 3.05) is 0 Å². The number of carbonyl (C=O) groups is 1. The largest absolute Gasteiger partial charge is 0.489 e. The minimum Gasteiger partial charge on any atom is -0.489 e. The van der Waals surface area contributed by atoms with E-state index in [0.717, 1.165) is 16.7 Å². The predicted octanol–water partition coefficient (Wildman–Crippen LogP) is 4.95. The molecule has 110 valence electrons. The van der Waals surface area contributed by atoms with E-state index in [1.807, 2.05) is 30.3 Å². The van der Waals surface area contributed by atoms with Crippen molar-refractivity contribution in [2.24, 2.45) is 0 Å². The molecule has 0 unspecified atom stereocenters. The van der Waals surface area contributed by atoms with Crippen LogP contribution in [0.5, 0.6) is 5.75 Å². The molecule has 0 aliphatic carbocycles. The van der Waals surface area contributed by atoms with Crippen molar-refractivity contribution in [1.29, 1.82) is 0 Å². The molecule has 3 rings (SSSR count). The van der Waals surface area contributed by atoms with Gasteiger partial charge in [-0.3, -0.25) is 4.79 Å². The molecule has 0 bridgehead atoms. The second-order valence-electron chi connectivity index (χ2n) is 4.74. The Hall–Kier alpha value is -2.46. The molecule has 2 nitrogen and oxygen atoms in total. The monoisotopic (exact) mass is 312 g/mol. The van der Waals surface area contributed by atoms with Gasteiger partial charge in [-0.05, 0) is 29.8 Å². The summed E-state index contributed by atoms with van der Waals surface area (Å²) in [5.41, 5.74) is 1.51. The van der Waals surface area contributed by atoms with Gasteiger partial charge in [-0.2, -0.15) is 0 Å². The first-order chi connectivity index (χ1) is 10.8. The van der Waals surface area contributed by atoms with Crippen LogP contribution in [0.1, 0.15) is 15.2 Å². The lowest BCUT2D eigenvalue weighted by Crippen LogP contribution is -1.95. The lowest BCUT2D eigenvalue weighted by Gasteiger charge is -2.08. The zero-order valence-electron chi connectivity index (χ0n) is 11.7. The van der Waals surface area contributed by atoms with E-state index in [2.05, 4.69) is 0 Å². The second-order valence-corrected chi connectivity index (χ2v) is 5.85. The van der Waals surface area contributed by atoms with Gasteiger partial charge in [0.2, 0.25) is 0 Å². The highest BCUT2D eigenvalue weighted by atomic mass is 32.1. The summed E-state index contributed by atoms with van der Waals surface area (Å²) in [5.74, 6) is 0.127. The quantitative estimate of drug-likeness (QED) is 0.623. The molecule has 0 saturated heterocycles. The van der Waals surface area contributed by atoms with Crippen LogP contribution in [-0.2, 0) is 6.61 Å². The molecule has 22 heavy (non-hydrogen) atoms. The van der Waals surface area contributed by atoms with Gasteiger partial charge in [-0.25, -0.2) is 4.39 Å². The zero-order valence-corrected chi connectivity index (χ0v) is 12.5. The number of thiophene rings is 1. The summed E-state index contributed by atoms with van der Waals surface area (Å²) in [6, 6.07) is 17.9. The number of carbonyl (C=O) groups excluding carboxylic acids is 1. The minimum absolute atomic E-state index is 0.357. The summed E-state index contributed by atoms with van der Waals surface area (Å²) in [6.45, 7) is 0.397. The number of ether oxygens (including phenoxy) is 1. The lowest BCUT2D eigenvalue weighted by molar-refractivity contribution is 0.112. The highest BCUT2D eigenvalue weighted by molar-refractivity contribution is 7.17. The van der Waals surface area contributed by atoms with Crippen LogP contribution in [0.15, 0.2) is 60.7 Å². The Morgan fingerprint density at radius 3 is 2.55 bits per heavy atom. The van der Waals surface area contributed by atoms with E-state index in [4.69, 9.17) is 4.74 Å². The molecule has 0 N–H and O–H groups in total. The Bertz CT molecular complexity index is 781. The van der Waals surface area contributed by atoms with Crippen molar-refractivity contribution >= 4 is 17.6 Å². The third-order valence-corrected chi connectivity index (χ3v) is 4.24. The van der Waals surface area contributed by atoms with Gasteiger partial charge in [-0.15, -0.1) is 11.3 Å². The molecule has 0 radical (unpaired) electrons. The van der Waals surface area contributed by atoms with Crippen LogP contribution in [0, 0.1) is 5.82 Å². The van der Waals surface area contributed by atoms with Crippen molar-refractivity contribution in [3.05, 3.63) is 76.9 Å². The number of rotatable bonds is 5. The smallest absolute Gasteiger partial charge is 0.160 e. The molecule has 3 aromatic rings. The maximum atomic E-state index is 14.2. The van der Waals surface area contributed by atoms with Crippen molar-refractivity contribution in [3.8, 4) is 16.2 Å². The third kappa shape index (κ3) is 3.23. The fourth-order valence-corrected chi connectivity index (χ4v) is 2.94. The van der Waals surface area contributed by atoms with Crippen LogP contribution in [0.3, 0.4) is 0 Å². The number of hydrogen-bond donors (Lipinski definition) is 0. The van der Waals surface area contributed by atoms with Crippen LogP contribution in [0.2, 0.25) is 0 Å². The summed E-state index contributed by atoms with van der Waals surface area (Å²) in [7, 11) is 0. The van der Waals surface area contributed by atoms with E-state index in [1.165, 1.54) is 17.4 Å². The summed E-state index contributed by atoms with van der Waals surface area (Å²) < 4.78 is 19.8. The van der Waals surface area contributed by atoms with Crippen LogP contribution >= 0.6 is 11.3 Å². The molecule has 1 heterocycles. The maximum absolute atomic E-state index is 14.2. The Kier molecular flexibility index (Phi) is 4.30. The van der Waals surface area contributed by atoms with Gasteiger partial charge in [0.1, 0.15) is 18.2 Å². The van der Waals surface area contributed by atoms with Crippen LogP contribution < -0.4 is 4.74 Å². The van der Waals surface area contributed by atoms with E-state index in [1.54, 1.807) is 24.3 Å². The highest BCUT2D eigenvalue weighted by Gasteiger charge is 2.09. The van der Waals surface area contributed by atoms with Gasteiger partial charge in [0.25, 0.3) is 0 Å². The van der Waals surface area contributed by atoms with E-state index in [9.17, 15) is 9.18 Å². The summed E-state index contributed by atoms with van der Waals surface area (Å²) in [6.07, 6.45) is 0.767. The summed E-state index contributed by atoms with van der Waals surface area (Å²) in [4.78, 5) is 12.0. The Labute approximate surface area is 131 Å². The summed E-state index contributed by atoms with van der Waals surface area (Å²) in [5, 5.41) is 0. The minimum atomic E-state index is -0.357. The average molecular weight is 312 g/mol. The molecule has 0 spiro atoms. The lowest BCUT2D eigenvalue weighted by atomic mass is 10.1. The molecule has 4 heteroatoms. The van der Waals surface area contributed by atoms with Gasteiger partial charge in [0.05, 0.1) is 4.88 Å². The van der Waals surface area contributed by atoms with Crippen LogP contribution in [0.25, 0.3) is 10.4 Å². The molecular formula is C18H13FO2S. The van der Waals surface area contributed by atoms with Gasteiger partial charge in [0.15, 0.2) is 6.29 Å². The standard InChI is InChI=1S/C18H13FO2S/c19-17-10-14(21-12-13-4-2-1-3-5-13)6-8-16(17)18-9-7-15(11-20)22-18/h1-11H,12H2. The maximum Gasteiger partial charge on any atom is 0.160 e. The first-order valence-electron chi connectivity index (χ1n) is 6.78. The van der Waals surface area contributed by atoms with E-state index in [-0.39, 0.29) is 5.82 Å². The van der Waals surface area contributed by atoms with Crippen molar-refractivity contribution in [3.63, 3.8) is 0 Å². The number of aldehydes is 1. The van der Waals surface area contributed by atoms with Crippen LogP contribution in [-0.4, -0.2) is 6.29 Å². The topological polar surface area (TPSA) is 26.3 Å². The molecule has 0 atom stereocenters. The fourth-order valence-electron chi connectivity index (χ4n) is 2.09. The third-order valence-electron chi connectivity index (χ3n) is 3.20. The van der Waals surface area contributed by atoms with Crippen molar-refractivity contribution in [2.45, 2.75) is 6.61 Å². The first-order valence-corrected chi connectivity index (χ1v) is 7.59. The Balaban J connectivity index is 1.75. The molecule has 0 amide bonds. The number of hydrogen-bond acceptors (Lipinski definition) is 3. The van der Waals surface area contributed by atoms with Gasteiger partial charge in [0, 0.05) is 16.5 Å². The molecular weight excluding hydrogens is 299 g/mol. The SMILES string of the molecule is O=Cc1ccc(-c2ccc(OCc3ccccc3)cc2F)s1. The zero-order chi connectivity index (χ0) is 15.4. The highest BCUT2D eigenvalue weighted by Crippen LogP contribution is 2.31.